The Kier molecular flexibility index (Phi) is 5.83. The zero-order valence-electron chi connectivity index (χ0n) is 12.1. The molecule has 0 aliphatic heterocycles. The first-order valence-electron chi connectivity index (χ1n) is 6.71. The van der Waals surface area contributed by atoms with Crippen molar-refractivity contribution < 1.29 is 9.53 Å². The van der Waals surface area contributed by atoms with Crippen molar-refractivity contribution in [2.24, 2.45) is 5.92 Å². The van der Waals surface area contributed by atoms with E-state index >= 15 is 0 Å². The highest BCUT2D eigenvalue weighted by Gasteiger charge is 2.18. The molecule has 19 heavy (non-hydrogen) atoms. The molecule has 4 nitrogen and oxygen atoms in total. The third-order valence-electron chi connectivity index (χ3n) is 2.83. The smallest absolute Gasteiger partial charge is 0.253 e. The molecule has 0 aliphatic rings. The van der Waals surface area contributed by atoms with Crippen LogP contribution in [0.15, 0.2) is 24.3 Å². The first-order valence-corrected chi connectivity index (χ1v) is 6.71. The SMILES string of the molecule is CC(C)CC(C)OC(C)C(=O)Nc1ccccc1N. The summed E-state index contributed by atoms with van der Waals surface area (Å²) in [5.74, 6) is 0.378. The second-order valence-electron chi connectivity index (χ2n) is 5.29. The molecule has 0 fully saturated rings. The van der Waals surface area contributed by atoms with E-state index in [2.05, 4.69) is 19.2 Å². The van der Waals surface area contributed by atoms with E-state index in [0.29, 0.717) is 17.3 Å². The lowest BCUT2D eigenvalue weighted by Gasteiger charge is -2.20. The fourth-order valence-corrected chi connectivity index (χ4v) is 1.97. The van der Waals surface area contributed by atoms with Gasteiger partial charge >= 0.3 is 0 Å². The number of nitrogens with two attached hydrogens (primary N) is 1. The van der Waals surface area contributed by atoms with Gasteiger partial charge in [-0.05, 0) is 38.3 Å². The van der Waals surface area contributed by atoms with Gasteiger partial charge < -0.3 is 15.8 Å². The van der Waals surface area contributed by atoms with Crippen molar-refractivity contribution in [3.8, 4) is 0 Å². The molecule has 1 aromatic carbocycles. The van der Waals surface area contributed by atoms with Crippen LogP contribution in [0.3, 0.4) is 0 Å². The molecule has 2 unspecified atom stereocenters. The molecule has 0 saturated heterocycles. The van der Waals surface area contributed by atoms with Crippen molar-refractivity contribution in [3.63, 3.8) is 0 Å². The number of para-hydroxylation sites is 2. The van der Waals surface area contributed by atoms with Crippen LogP contribution in [-0.4, -0.2) is 18.1 Å². The predicted octanol–water partition coefficient (Wildman–Crippen LogP) is 3.05. The number of carbonyl (C=O) groups is 1. The third kappa shape index (κ3) is 5.30. The predicted molar refractivity (Wildman–Crippen MR) is 78.9 cm³/mol. The Hall–Kier alpha value is -1.55. The van der Waals surface area contributed by atoms with Crippen molar-refractivity contribution in [1.29, 1.82) is 0 Å². The maximum absolute atomic E-state index is 12.0. The molecule has 0 heterocycles. The van der Waals surface area contributed by atoms with E-state index < -0.39 is 6.10 Å². The Balaban J connectivity index is 2.51. The molecule has 0 aliphatic carbocycles. The lowest BCUT2D eigenvalue weighted by molar-refractivity contribution is -0.129. The summed E-state index contributed by atoms with van der Waals surface area (Å²) in [6.45, 7) is 8.01. The average molecular weight is 264 g/mol. The highest BCUT2D eigenvalue weighted by Crippen LogP contribution is 2.17. The van der Waals surface area contributed by atoms with Crippen LogP contribution in [0.1, 0.15) is 34.1 Å². The number of benzene rings is 1. The molecule has 0 aromatic heterocycles. The molecule has 0 spiro atoms. The number of anilines is 2. The maximum Gasteiger partial charge on any atom is 0.253 e. The Morgan fingerprint density at radius 2 is 1.89 bits per heavy atom. The van der Waals surface area contributed by atoms with Gasteiger partial charge in [-0.3, -0.25) is 4.79 Å². The van der Waals surface area contributed by atoms with Crippen LogP contribution >= 0.6 is 0 Å². The molecule has 1 aromatic rings. The van der Waals surface area contributed by atoms with Crippen LogP contribution in [0, 0.1) is 5.92 Å². The van der Waals surface area contributed by atoms with E-state index in [1.165, 1.54) is 0 Å². The van der Waals surface area contributed by atoms with E-state index in [1.54, 1.807) is 19.1 Å². The quantitative estimate of drug-likeness (QED) is 0.776. The van der Waals surface area contributed by atoms with Crippen molar-refractivity contribution in [2.45, 2.75) is 46.3 Å². The largest absolute Gasteiger partial charge is 0.397 e. The van der Waals surface area contributed by atoms with Crippen molar-refractivity contribution in [2.75, 3.05) is 11.1 Å². The number of carbonyl (C=O) groups excluding carboxylic acids is 1. The normalized spacial score (nSPS) is 14.2. The Morgan fingerprint density at radius 3 is 2.47 bits per heavy atom. The second kappa shape index (κ2) is 7.14. The summed E-state index contributed by atoms with van der Waals surface area (Å²) in [6, 6.07) is 7.19. The van der Waals surface area contributed by atoms with Gasteiger partial charge in [-0.15, -0.1) is 0 Å². The Labute approximate surface area is 115 Å². The lowest BCUT2D eigenvalue weighted by Crippen LogP contribution is -2.31. The molecule has 106 valence electrons. The van der Waals surface area contributed by atoms with E-state index in [1.807, 2.05) is 19.1 Å². The molecule has 1 rings (SSSR count). The Bertz CT molecular complexity index is 418. The van der Waals surface area contributed by atoms with E-state index in [-0.39, 0.29) is 12.0 Å². The monoisotopic (exact) mass is 264 g/mol. The fraction of sp³-hybridized carbons (Fsp3) is 0.533. The average Bonchev–Trinajstić information content (AvgIpc) is 2.30. The van der Waals surface area contributed by atoms with Gasteiger partial charge in [-0.1, -0.05) is 26.0 Å². The van der Waals surface area contributed by atoms with Crippen molar-refractivity contribution in [1.82, 2.24) is 0 Å². The number of hydrogen-bond donors (Lipinski definition) is 2. The van der Waals surface area contributed by atoms with Gasteiger partial charge in [-0.25, -0.2) is 0 Å². The summed E-state index contributed by atoms with van der Waals surface area (Å²) in [5, 5.41) is 2.78. The zero-order chi connectivity index (χ0) is 14.4. The van der Waals surface area contributed by atoms with Gasteiger partial charge in [0, 0.05) is 0 Å². The third-order valence-corrected chi connectivity index (χ3v) is 2.83. The van der Waals surface area contributed by atoms with Crippen LogP contribution in [-0.2, 0) is 9.53 Å². The Morgan fingerprint density at radius 1 is 1.26 bits per heavy atom. The zero-order valence-corrected chi connectivity index (χ0v) is 12.1. The highest BCUT2D eigenvalue weighted by atomic mass is 16.5. The minimum Gasteiger partial charge on any atom is -0.397 e. The topological polar surface area (TPSA) is 64.3 Å². The summed E-state index contributed by atoms with van der Waals surface area (Å²) in [7, 11) is 0. The summed E-state index contributed by atoms with van der Waals surface area (Å²) in [6.07, 6.45) is 0.507. The van der Waals surface area contributed by atoms with Gasteiger partial charge in [0.15, 0.2) is 0 Å². The van der Waals surface area contributed by atoms with Gasteiger partial charge in [0.05, 0.1) is 17.5 Å². The molecule has 1 amide bonds. The number of hydrogen-bond acceptors (Lipinski definition) is 3. The maximum atomic E-state index is 12.0. The van der Waals surface area contributed by atoms with E-state index in [0.717, 1.165) is 6.42 Å². The molecule has 0 bridgehead atoms. The summed E-state index contributed by atoms with van der Waals surface area (Å²) in [5.41, 5.74) is 6.96. The lowest BCUT2D eigenvalue weighted by atomic mass is 10.1. The summed E-state index contributed by atoms with van der Waals surface area (Å²) >= 11 is 0. The molecular weight excluding hydrogens is 240 g/mol. The number of rotatable bonds is 6. The standard InChI is InChI=1S/C15H24N2O2/c1-10(2)9-11(3)19-12(4)15(18)17-14-8-6-5-7-13(14)16/h5-8,10-12H,9,16H2,1-4H3,(H,17,18). The van der Waals surface area contributed by atoms with Crippen LogP contribution in [0.25, 0.3) is 0 Å². The number of amides is 1. The first kappa shape index (κ1) is 15.5. The van der Waals surface area contributed by atoms with Gasteiger partial charge in [0.25, 0.3) is 5.91 Å². The molecule has 3 N–H and O–H groups in total. The molecular formula is C15H24N2O2. The number of nitrogen functional groups attached to an aromatic ring is 1. The minimum absolute atomic E-state index is 0.0638. The van der Waals surface area contributed by atoms with Crippen LogP contribution in [0.4, 0.5) is 11.4 Å². The van der Waals surface area contributed by atoms with Crippen molar-refractivity contribution >= 4 is 17.3 Å². The molecule has 4 heteroatoms. The van der Waals surface area contributed by atoms with Crippen LogP contribution < -0.4 is 11.1 Å². The second-order valence-corrected chi connectivity index (χ2v) is 5.29. The molecule has 0 saturated carbocycles. The van der Waals surface area contributed by atoms with Crippen LogP contribution in [0.2, 0.25) is 0 Å². The van der Waals surface area contributed by atoms with Gasteiger partial charge in [0.1, 0.15) is 6.10 Å². The van der Waals surface area contributed by atoms with Gasteiger partial charge in [-0.2, -0.15) is 0 Å². The van der Waals surface area contributed by atoms with Crippen molar-refractivity contribution in [3.05, 3.63) is 24.3 Å². The minimum atomic E-state index is -0.492. The van der Waals surface area contributed by atoms with E-state index in [4.69, 9.17) is 10.5 Å². The first-order chi connectivity index (χ1) is 8.90. The van der Waals surface area contributed by atoms with Gasteiger partial charge in [0.2, 0.25) is 0 Å². The van der Waals surface area contributed by atoms with Crippen LogP contribution in [0.5, 0.6) is 0 Å². The molecule has 2 atom stereocenters. The summed E-state index contributed by atoms with van der Waals surface area (Å²) < 4.78 is 5.68. The van der Waals surface area contributed by atoms with E-state index in [9.17, 15) is 4.79 Å². The fourth-order valence-electron chi connectivity index (χ4n) is 1.97. The number of ether oxygens (including phenoxy) is 1. The summed E-state index contributed by atoms with van der Waals surface area (Å²) in [4.78, 5) is 12.0. The number of nitrogens with one attached hydrogen (secondary N) is 1. The highest BCUT2D eigenvalue weighted by molar-refractivity contribution is 5.96. The molecule has 0 radical (unpaired) electrons.